The average molecular weight is 338 g/mol. The third kappa shape index (κ3) is 3.06. The molecule has 1 aliphatic carbocycles. The number of aliphatic hydroxyl groups excluding tert-OH is 1. The van der Waals surface area contributed by atoms with Crippen LogP contribution in [0, 0.1) is 0 Å². The first-order valence-corrected chi connectivity index (χ1v) is 8.21. The molecule has 1 aliphatic rings. The summed E-state index contributed by atoms with van der Waals surface area (Å²) in [4.78, 5) is 12.3. The van der Waals surface area contributed by atoms with Gasteiger partial charge in [-0.1, -0.05) is 35.5 Å². The van der Waals surface area contributed by atoms with Crippen molar-refractivity contribution in [2.75, 3.05) is 0 Å². The molecule has 1 amide bonds. The largest absolute Gasteiger partial charge is 0.390 e. The van der Waals surface area contributed by atoms with Crippen molar-refractivity contribution in [3.63, 3.8) is 0 Å². The number of nitrogens with one attached hydrogen (secondary N) is 1. The van der Waals surface area contributed by atoms with Crippen LogP contribution in [-0.4, -0.2) is 32.0 Å². The van der Waals surface area contributed by atoms with Crippen molar-refractivity contribution >= 4 is 5.91 Å². The maximum Gasteiger partial charge on any atom is 0.290 e. The Kier molecular flexibility index (Phi) is 4.07. The normalized spacial score (nSPS) is 19.4. The van der Waals surface area contributed by atoms with Gasteiger partial charge >= 0.3 is 0 Å². The Balaban J connectivity index is 1.35. The third-order valence-electron chi connectivity index (χ3n) is 4.51. The van der Waals surface area contributed by atoms with Crippen LogP contribution in [0.25, 0.3) is 11.3 Å². The smallest absolute Gasteiger partial charge is 0.290 e. The molecule has 2 N–H and O–H groups in total. The lowest BCUT2D eigenvalue weighted by molar-refractivity contribution is 0.0847. The average Bonchev–Trinajstić information content (AvgIpc) is 3.27. The van der Waals surface area contributed by atoms with Crippen LogP contribution in [0.3, 0.4) is 0 Å². The Bertz CT molecular complexity index is 865. The van der Waals surface area contributed by atoms with Gasteiger partial charge in [-0.2, -0.15) is 5.10 Å². The molecule has 0 radical (unpaired) electrons. The molecule has 2 aromatic heterocycles. The zero-order chi connectivity index (χ0) is 17.2. The molecule has 25 heavy (non-hydrogen) atoms. The summed E-state index contributed by atoms with van der Waals surface area (Å²) in [6.45, 7) is -0.0339. The lowest BCUT2D eigenvalue weighted by atomic mass is 9.86. The second-order valence-corrected chi connectivity index (χ2v) is 6.16. The molecule has 1 saturated carbocycles. The highest BCUT2D eigenvalue weighted by Crippen LogP contribution is 2.33. The Hall–Kier alpha value is -2.93. The number of rotatable bonds is 5. The van der Waals surface area contributed by atoms with Crippen molar-refractivity contribution in [3.8, 4) is 11.3 Å². The van der Waals surface area contributed by atoms with Gasteiger partial charge in [0.1, 0.15) is 5.69 Å². The van der Waals surface area contributed by atoms with E-state index in [9.17, 15) is 9.90 Å². The predicted octanol–water partition coefficient (Wildman–Crippen LogP) is 2.16. The van der Waals surface area contributed by atoms with Crippen LogP contribution >= 0.6 is 0 Å². The van der Waals surface area contributed by atoms with E-state index in [1.54, 1.807) is 18.3 Å². The number of carbonyl (C=O) groups is 1. The fraction of sp³-hybridized carbons (Fsp3) is 0.278. The van der Waals surface area contributed by atoms with Crippen molar-refractivity contribution in [2.45, 2.75) is 31.5 Å². The molecular formula is C18H18N4O3. The Labute approximate surface area is 144 Å². The van der Waals surface area contributed by atoms with Crippen LogP contribution in [0.15, 0.2) is 53.2 Å². The Morgan fingerprint density at radius 3 is 2.84 bits per heavy atom. The number of carbonyl (C=O) groups excluding carboxylic acids is 1. The zero-order valence-electron chi connectivity index (χ0n) is 13.5. The highest BCUT2D eigenvalue weighted by atomic mass is 16.5. The summed E-state index contributed by atoms with van der Waals surface area (Å²) in [6, 6.07) is 13.3. The van der Waals surface area contributed by atoms with E-state index in [1.807, 2.05) is 35.0 Å². The molecule has 7 heteroatoms. The van der Waals surface area contributed by atoms with Crippen molar-refractivity contribution < 1.29 is 14.4 Å². The van der Waals surface area contributed by atoms with Crippen LogP contribution in [0.2, 0.25) is 0 Å². The van der Waals surface area contributed by atoms with E-state index in [2.05, 4.69) is 15.6 Å². The van der Waals surface area contributed by atoms with E-state index >= 15 is 0 Å². The van der Waals surface area contributed by atoms with Gasteiger partial charge in [0.15, 0.2) is 0 Å². The summed E-state index contributed by atoms with van der Waals surface area (Å²) in [7, 11) is 0. The van der Waals surface area contributed by atoms with Crippen molar-refractivity contribution in [3.05, 3.63) is 60.1 Å². The molecule has 4 rings (SSSR count). The maximum atomic E-state index is 12.3. The Morgan fingerprint density at radius 1 is 1.28 bits per heavy atom. The topological polar surface area (TPSA) is 93.2 Å². The second kappa shape index (κ2) is 6.52. The third-order valence-corrected chi connectivity index (χ3v) is 4.51. The first-order chi connectivity index (χ1) is 12.2. The zero-order valence-corrected chi connectivity index (χ0v) is 13.5. The minimum atomic E-state index is -0.263. The van der Waals surface area contributed by atoms with E-state index in [-0.39, 0.29) is 30.4 Å². The number of hydrogen-bond donors (Lipinski definition) is 2. The van der Waals surface area contributed by atoms with Crippen LogP contribution in [0.4, 0.5) is 0 Å². The minimum Gasteiger partial charge on any atom is -0.390 e. The molecule has 3 aromatic rings. The first kappa shape index (κ1) is 15.6. The van der Waals surface area contributed by atoms with Crippen LogP contribution in [0.5, 0.6) is 0 Å². The van der Waals surface area contributed by atoms with Gasteiger partial charge in [0.25, 0.3) is 5.91 Å². The molecule has 128 valence electrons. The summed E-state index contributed by atoms with van der Waals surface area (Å²) in [5, 5.41) is 20.4. The van der Waals surface area contributed by atoms with E-state index in [0.29, 0.717) is 5.69 Å². The van der Waals surface area contributed by atoms with Gasteiger partial charge < -0.3 is 14.9 Å². The molecule has 0 unspecified atom stereocenters. The number of aromatic nitrogens is 3. The van der Waals surface area contributed by atoms with Gasteiger partial charge in [0, 0.05) is 23.9 Å². The summed E-state index contributed by atoms with van der Waals surface area (Å²) in [5.41, 5.74) is 2.34. The molecule has 0 spiro atoms. The number of amides is 1. The quantitative estimate of drug-likeness (QED) is 0.744. The number of nitrogens with zero attached hydrogens (tertiary/aromatic N) is 3. The number of aliphatic hydroxyl groups is 1. The van der Waals surface area contributed by atoms with Gasteiger partial charge in [0.05, 0.1) is 18.3 Å². The van der Waals surface area contributed by atoms with Gasteiger partial charge in [-0.3, -0.25) is 9.48 Å². The van der Waals surface area contributed by atoms with Crippen molar-refractivity contribution in [2.24, 2.45) is 0 Å². The maximum absolute atomic E-state index is 12.3. The standard InChI is InChI=1S/C18H18N4O3/c23-11-14-6-7-19-22(14)15-8-13(9-15)20-18(24)17-10-16(21-25-17)12-4-2-1-3-5-12/h1-7,10,13,15,23H,8-9,11H2,(H,20,24)/t13-,15+. The first-order valence-electron chi connectivity index (χ1n) is 8.21. The van der Waals surface area contributed by atoms with Gasteiger partial charge in [-0.25, -0.2) is 0 Å². The summed E-state index contributed by atoms with van der Waals surface area (Å²) < 4.78 is 7.00. The van der Waals surface area contributed by atoms with Crippen molar-refractivity contribution in [1.29, 1.82) is 0 Å². The number of benzene rings is 1. The SMILES string of the molecule is O=C(N[C@H]1C[C@@H](n2nccc2CO)C1)c1cc(-c2ccccc2)no1. The monoisotopic (exact) mass is 338 g/mol. The molecule has 1 fully saturated rings. The molecule has 7 nitrogen and oxygen atoms in total. The van der Waals surface area contributed by atoms with Crippen LogP contribution < -0.4 is 5.32 Å². The van der Waals surface area contributed by atoms with E-state index in [0.717, 1.165) is 24.1 Å². The highest BCUT2D eigenvalue weighted by Gasteiger charge is 2.33. The lowest BCUT2D eigenvalue weighted by Gasteiger charge is -2.36. The molecular weight excluding hydrogens is 320 g/mol. The number of hydrogen-bond acceptors (Lipinski definition) is 5. The van der Waals surface area contributed by atoms with E-state index in [1.165, 1.54) is 0 Å². The predicted molar refractivity (Wildman–Crippen MR) is 89.6 cm³/mol. The minimum absolute atomic E-state index is 0.0339. The van der Waals surface area contributed by atoms with Gasteiger partial charge in [0.2, 0.25) is 5.76 Å². The molecule has 0 saturated heterocycles. The highest BCUT2D eigenvalue weighted by molar-refractivity contribution is 5.92. The van der Waals surface area contributed by atoms with Gasteiger partial charge in [-0.15, -0.1) is 0 Å². The fourth-order valence-corrected chi connectivity index (χ4v) is 3.08. The molecule has 0 bridgehead atoms. The van der Waals surface area contributed by atoms with Crippen LogP contribution in [0.1, 0.15) is 35.1 Å². The van der Waals surface area contributed by atoms with Crippen LogP contribution in [-0.2, 0) is 6.61 Å². The Morgan fingerprint density at radius 2 is 2.08 bits per heavy atom. The summed E-state index contributed by atoms with van der Waals surface area (Å²) >= 11 is 0. The van der Waals surface area contributed by atoms with Gasteiger partial charge in [-0.05, 0) is 18.9 Å². The van der Waals surface area contributed by atoms with Crippen molar-refractivity contribution in [1.82, 2.24) is 20.3 Å². The molecule has 2 heterocycles. The fourth-order valence-electron chi connectivity index (χ4n) is 3.08. The second-order valence-electron chi connectivity index (χ2n) is 6.16. The molecule has 0 atom stereocenters. The molecule has 1 aromatic carbocycles. The lowest BCUT2D eigenvalue weighted by Crippen LogP contribution is -2.45. The summed E-state index contributed by atoms with van der Waals surface area (Å²) in [6.07, 6.45) is 3.23. The summed E-state index contributed by atoms with van der Waals surface area (Å²) in [5.74, 6) is -0.0570. The molecule has 0 aliphatic heterocycles. The van der Waals surface area contributed by atoms with E-state index < -0.39 is 0 Å². The van der Waals surface area contributed by atoms with E-state index in [4.69, 9.17) is 4.52 Å².